The Bertz CT molecular complexity index is 621. The minimum absolute atomic E-state index is 0.0632. The molecule has 2 aliphatic rings. The van der Waals surface area contributed by atoms with E-state index in [2.05, 4.69) is 15.1 Å². The normalized spacial score (nSPS) is 25.3. The second-order valence-electron chi connectivity index (χ2n) is 5.28. The van der Waals surface area contributed by atoms with Gasteiger partial charge in [-0.3, -0.25) is 25.0 Å². The molecule has 12 nitrogen and oxygen atoms in total. The Morgan fingerprint density at radius 2 is 2.04 bits per heavy atom. The first-order chi connectivity index (χ1) is 10.6. The zero-order valence-corrected chi connectivity index (χ0v) is 12.9. The lowest BCUT2D eigenvalue weighted by atomic mass is 10.0. The van der Waals surface area contributed by atoms with E-state index in [9.17, 15) is 22.8 Å². The third-order valence-corrected chi connectivity index (χ3v) is 3.87. The Balaban J connectivity index is 2.01. The van der Waals surface area contributed by atoms with Crippen molar-refractivity contribution in [3.05, 3.63) is 0 Å². The summed E-state index contributed by atoms with van der Waals surface area (Å²) in [6.07, 6.45) is 0.526. The Labute approximate surface area is 131 Å². The minimum atomic E-state index is -4.84. The van der Waals surface area contributed by atoms with E-state index in [4.69, 9.17) is 10.3 Å². The van der Waals surface area contributed by atoms with Gasteiger partial charge in [0.25, 0.3) is 11.8 Å². The maximum Gasteiger partial charge on any atom is 0.418 e. The summed E-state index contributed by atoms with van der Waals surface area (Å²) in [5, 5.41) is 0.531. The van der Waals surface area contributed by atoms with Crippen LogP contribution >= 0.6 is 0 Å². The highest BCUT2D eigenvalue weighted by Gasteiger charge is 2.49. The van der Waals surface area contributed by atoms with Gasteiger partial charge >= 0.3 is 16.4 Å². The number of hydrogen-bond acceptors (Lipinski definition) is 7. The van der Waals surface area contributed by atoms with Crippen molar-refractivity contribution in [1.29, 1.82) is 0 Å². The third kappa shape index (κ3) is 3.87. The van der Waals surface area contributed by atoms with Gasteiger partial charge in [0, 0.05) is 6.54 Å². The molecule has 5 N–H and O–H groups in total. The molecular weight excluding hydrogens is 334 g/mol. The predicted molar refractivity (Wildman–Crippen MR) is 73.3 cm³/mol. The molecule has 0 aromatic rings. The van der Waals surface area contributed by atoms with E-state index in [0.29, 0.717) is 5.06 Å². The molecule has 4 amide bonds. The lowest BCUT2D eigenvalue weighted by molar-refractivity contribution is -0.132. The van der Waals surface area contributed by atoms with E-state index in [0.717, 1.165) is 4.90 Å². The second-order valence-corrected chi connectivity index (χ2v) is 6.28. The summed E-state index contributed by atoms with van der Waals surface area (Å²) in [7, 11) is -4.84. The monoisotopic (exact) mass is 351 g/mol. The number of hydrazine groups is 1. The van der Waals surface area contributed by atoms with Gasteiger partial charge in [0.2, 0.25) is 0 Å². The molecule has 2 saturated heterocycles. The molecule has 0 saturated carbocycles. The van der Waals surface area contributed by atoms with Gasteiger partial charge < -0.3 is 10.6 Å². The van der Waals surface area contributed by atoms with E-state index < -0.39 is 46.4 Å². The van der Waals surface area contributed by atoms with Crippen LogP contribution in [0, 0.1) is 0 Å². The molecule has 0 radical (unpaired) electrons. The van der Waals surface area contributed by atoms with Crippen LogP contribution in [0.15, 0.2) is 0 Å². The highest BCUT2D eigenvalue weighted by atomic mass is 32.3. The van der Waals surface area contributed by atoms with Gasteiger partial charge in [0.1, 0.15) is 6.04 Å². The molecule has 2 bridgehead atoms. The number of hydrogen-bond donors (Lipinski definition) is 4. The first-order valence-corrected chi connectivity index (χ1v) is 8.09. The van der Waals surface area contributed by atoms with Crippen LogP contribution in [-0.4, -0.2) is 65.4 Å². The van der Waals surface area contributed by atoms with E-state index in [-0.39, 0.29) is 19.4 Å². The molecule has 2 rings (SSSR count). The molecular formula is C10H17N5O7S. The van der Waals surface area contributed by atoms with Crippen molar-refractivity contribution >= 4 is 28.2 Å². The van der Waals surface area contributed by atoms with Gasteiger partial charge in [0.05, 0.1) is 12.1 Å². The molecule has 0 aromatic carbocycles. The molecule has 3 atom stereocenters. The van der Waals surface area contributed by atoms with Crippen LogP contribution in [0.1, 0.15) is 19.8 Å². The summed E-state index contributed by atoms with van der Waals surface area (Å²) in [6, 6.07) is -3.17. The maximum atomic E-state index is 12.1. The second kappa shape index (κ2) is 6.27. The fourth-order valence-corrected chi connectivity index (χ4v) is 2.81. The Morgan fingerprint density at radius 1 is 1.39 bits per heavy atom. The molecule has 13 heteroatoms. The summed E-state index contributed by atoms with van der Waals surface area (Å²) in [6.45, 7) is 1.49. The van der Waals surface area contributed by atoms with E-state index >= 15 is 0 Å². The van der Waals surface area contributed by atoms with Gasteiger partial charge in [-0.15, -0.1) is 4.28 Å². The molecule has 0 spiro atoms. The summed E-state index contributed by atoms with van der Waals surface area (Å²) < 4.78 is 34.4. The number of piperidine rings is 1. The first-order valence-electron chi connectivity index (χ1n) is 6.72. The number of fused-ring (bicyclic) bond motifs is 2. The molecule has 2 aliphatic heterocycles. The van der Waals surface area contributed by atoms with Crippen molar-refractivity contribution in [3.63, 3.8) is 0 Å². The molecule has 2 heterocycles. The quantitative estimate of drug-likeness (QED) is 0.317. The van der Waals surface area contributed by atoms with E-state index in [1.54, 1.807) is 0 Å². The van der Waals surface area contributed by atoms with Gasteiger partial charge in [-0.1, -0.05) is 0 Å². The largest absolute Gasteiger partial charge is 0.418 e. The Hall–Kier alpha value is -1.96. The lowest BCUT2D eigenvalue weighted by Gasteiger charge is -2.29. The van der Waals surface area contributed by atoms with Crippen LogP contribution < -0.4 is 16.6 Å². The minimum Gasteiger partial charge on any atom is -0.320 e. The summed E-state index contributed by atoms with van der Waals surface area (Å²) in [5.41, 5.74) is 9.61. The van der Waals surface area contributed by atoms with Crippen LogP contribution in [0.4, 0.5) is 4.79 Å². The van der Waals surface area contributed by atoms with Crippen LogP contribution in [-0.2, 0) is 24.3 Å². The topological polar surface area (TPSA) is 171 Å². The number of amides is 4. The van der Waals surface area contributed by atoms with Crippen molar-refractivity contribution in [2.24, 2.45) is 5.73 Å². The molecule has 0 unspecified atom stereocenters. The molecule has 2 fully saturated rings. The van der Waals surface area contributed by atoms with Gasteiger partial charge in [-0.25, -0.2) is 4.79 Å². The van der Waals surface area contributed by atoms with Crippen LogP contribution in [0.25, 0.3) is 0 Å². The average Bonchev–Trinajstić information content (AvgIpc) is 2.68. The number of carbonyl (C=O) groups is 3. The number of nitrogens with two attached hydrogens (primary N) is 1. The van der Waals surface area contributed by atoms with Crippen molar-refractivity contribution < 1.29 is 31.6 Å². The SMILES string of the molecule is C[C@H](N)C(=O)NNC(=O)[C@H]1CC[C@H]2CN1C(=O)N2OS(=O)(=O)O. The first kappa shape index (κ1) is 17.4. The highest BCUT2D eigenvalue weighted by molar-refractivity contribution is 7.80. The van der Waals surface area contributed by atoms with Crippen LogP contribution in [0.5, 0.6) is 0 Å². The van der Waals surface area contributed by atoms with Crippen LogP contribution in [0.3, 0.4) is 0 Å². The lowest BCUT2D eigenvalue weighted by Crippen LogP contribution is -2.56. The van der Waals surface area contributed by atoms with Gasteiger partial charge in [-0.05, 0) is 19.8 Å². The highest BCUT2D eigenvalue weighted by Crippen LogP contribution is 2.30. The smallest absolute Gasteiger partial charge is 0.320 e. The third-order valence-electron chi connectivity index (χ3n) is 3.52. The number of carbonyl (C=O) groups excluding carboxylic acids is 3. The summed E-state index contributed by atoms with van der Waals surface area (Å²) in [4.78, 5) is 36.6. The van der Waals surface area contributed by atoms with Crippen molar-refractivity contribution in [1.82, 2.24) is 20.8 Å². The molecule has 130 valence electrons. The number of rotatable bonds is 4. The number of nitrogens with one attached hydrogen (secondary N) is 2. The summed E-state index contributed by atoms with van der Waals surface area (Å²) in [5.74, 6) is -1.24. The van der Waals surface area contributed by atoms with Crippen molar-refractivity contribution in [2.45, 2.75) is 37.9 Å². The molecule has 0 aromatic heterocycles. The predicted octanol–water partition coefficient (Wildman–Crippen LogP) is -2.52. The fraction of sp³-hybridized carbons (Fsp3) is 0.700. The van der Waals surface area contributed by atoms with E-state index in [1.807, 2.05) is 0 Å². The van der Waals surface area contributed by atoms with Crippen molar-refractivity contribution in [3.8, 4) is 0 Å². The van der Waals surface area contributed by atoms with Crippen molar-refractivity contribution in [2.75, 3.05) is 6.54 Å². The molecule has 0 aliphatic carbocycles. The number of nitrogens with zero attached hydrogens (tertiary/aromatic N) is 2. The zero-order chi connectivity index (χ0) is 17.4. The fourth-order valence-electron chi connectivity index (χ4n) is 2.42. The maximum absolute atomic E-state index is 12.1. The average molecular weight is 351 g/mol. The van der Waals surface area contributed by atoms with Crippen LogP contribution in [0.2, 0.25) is 0 Å². The Kier molecular flexibility index (Phi) is 4.74. The summed E-state index contributed by atoms with van der Waals surface area (Å²) >= 11 is 0. The van der Waals surface area contributed by atoms with Gasteiger partial charge in [-0.2, -0.15) is 13.5 Å². The molecule has 23 heavy (non-hydrogen) atoms. The number of hydroxylamine groups is 2. The number of urea groups is 1. The van der Waals surface area contributed by atoms with E-state index in [1.165, 1.54) is 6.92 Å². The Morgan fingerprint density at radius 3 is 2.61 bits per heavy atom. The zero-order valence-electron chi connectivity index (χ0n) is 12.1. The standard InChI is InChI=1S/C10H17N5O7S/c1-5(11)8(16)12-13-9(17)7-3-2-6-4-14(7)10(18)15(6)22-23(19,20)21/h5-7H,2-4,11H2,1H3,(H,12,16)(H,13,17)(H,19,20,21)/t5-,6-,7+/m0/s1. The van der Waals surface area contributed by atoms with Gasteiger partial charge in [0.15, 0.2) is 0 Å².